The molecule has 0 aromatic carbocycles. The molecule has 3 aromatic rings. The Kier molecular flexibility index (Phi) is 3.44. The van der Waals surface area contributed by atoms with Crippen LogP contribution in [0, 0.1) is 0 Å². The van der Waals surface area contributed by atoms with Crippen molar-refractivity contribution in [2.24, 2.45) is 0 Å². The van der Waals surface area contributed by atoms with Gasteiger partial charge in [0, 0.05) is 41.6 Å². The Morgan fingerprint density at radius 3 is 2.85 bits per heavy atom. The molecule has 1 N–H and O–H groups in total. The van der Waals surface area contributed by atoms with Gasteiger partial charge in [-0.15, -0.1) is 0 Å². The van der Waals surface area contributed by atoms with E-state index in [-0.39, 0.29) is 11.9 Å². The zero-order chi connectivity index (χ0) is 18.6. The predicted octanol–water partition coefficient (Wildman–Crippen LogP) is 3.29. The number of anilines is 2. The number of pyridine rings is 3. The third kappa shape index (κ3) is 2.47. The van der Waals surface area contributed by atoms with Crippen LogP contribution in [0.25, 0.3) is 10.9 Å². The lowest BCUT2D eigenvalue weighted by Crippen LogP contribution is -2.53. The number of amides is 1. The van der Waals surface area contributed by atoms with Crippen molar-refractivity contribution < 1.29 is 4.79 Å². The van der Waals surface area contributed by atoms with Crippen LogP contribution in [0.5, 0.6) is 0 Å². The van der Waals surface area contributed by atoms with E-state index < -0.39 is 5.41 Å². The summed E-state index contributed by atoms with van der Waals surface area (Å²) in [5, 5.41) is 4.52. The lowest BCUT2D eigenvalue weighted by Gasteiger charge is -2.41. The molecule has 6 nitrogen and oxygen atoms in total. The van der Waals surface area contributed by atoms with Gasteiger partial charge >= 0.3 is 0 Å². The Labute approximate surface area is 157 Å². The van der Waals surface area contributed by atoms with E-state index in [0.29, 0.717) is 6.04 Å². The number of hydrogen-bond donors (Lipinski definition) is 1. The first-order valence-corrected chi connectivity index (χ1v) is 9.30. The number of nitrogens with zero attached hydrogens (tertiary/aromatic N) is 4. The molecule has 0 bridgehead atoms. The van der Waals surface area contributed by atoms with Gasteiger partial charge in [0.15, 0.2) is 0 Å². The first-order chi connectivity index (χ1) is 13.0. The minimum Gasteiger partial charge on any atom is -0.367 e. The Morgan fingerprint density at radius 2 is 2.00 bits per heavy atom. The second-order valence-corrected chi connectivity index (χ2v) is 7.91. The van der Waals surface area contributed by atoms with Crippen molar-refractivity contribution in [1.82, 2.24) is 15.0 Å². The molecular weight excluding hydrogens is 338 g/mol. The third-order valence-corrected chi connectivity index (χ3v) is 5.76. The molecule has 1 amide bonds. The Bertz CT molecular complexity index is 1040. The van der Waals surface area contributed by atoms with Gasteiger partial charge in [-0.05, 0) is 51.0 Å². The van der Waals surface area contributed by atoms with E-state index in [2.05, 4.69) is 20.3 Å². The first-order valence-electron chi connectivity index (χ1n) is 9.30. The highest BCUT2D eigenvalue weighted by molar-refractivity contribution is 6.07. The smallest absolute Gasteiger partial charge is 0.238 e. The minimum absolute atomic E-state index is 0.149. The largest absolute Gasteiger partial charge is 0.367 e. The summed E-state index contributed by atoms with van der Waals surface area (Å²) in [5.41, 5.74) is 1.45. The van der Waals surface area contributed by atoms with Crippen molar-refractivity contribution in [3.63, 3.8) is 0 Å². The van der Waals surface area contributed by atoms with Gasteiger partial charge in [-0.25, -0.2) is 9.97 Å². The lowest BCUT2D eigenvalue weighted by atomic mass is 9.84. The molecule has 0 saturated heterocycles. The molecule has 27 heavy (non-hydrogen) atoms. The summed E-state index contributed by atoms with van der Waals surface area (Å²) in [7, 11) is 0. The third-order valence-electron chi connectivity index (χ3n) is 5.76. The normalized spacial score (nSPS) is 23.2. The summed E-state index contributed by atoms with van der Waals surface area (Å²) >= 11 is 0. The molecule has 0 atom stereocenters. The van der Waals surface area contributed by atoms with Crippen LogP contribution in [0.15, 0.2) is 48.9 Å². The second-order valence-electron chi connectivity index (χ2n) is 7.91. The van der Waals surface area contributed by atoms with E-state index in [0.717, 1.165) is 40.9 Å². The van der Waals surface area contributed by atoms with Crippen molar-refractivity contribution in [1.29, 1.82) is 0 Å². The monoisotopic (exact) mass is 359 g/mol. The van der Waals surface area contributed by atoms with E-state index >= 15 is 0 Å². The van der Waals surface area contributed by atoms with E-state index in [4.69, 9.17) is 0 Å². The number of aromatic nitrogens is 3. The maximum Gasteiger partial charge on any atom is 0.238 e. The standard InChI is InChI=1S/C21H21N5O/c1-21(2)16-4-3-8-23-19(16)26(20(21)27)15-10-14(11-15)24-18-6-5-13-12-22-9-7-17(13)25-18/h3-9,12,14-15H,10-11H2,1-2H3,(H,24,25). The van der Waals surface area contributed by atoms with Crippen LogP contribution in [0.1, 0.15) is 32.3 Å². The van der Waals surface area contributed by atoms with E-state index in [9.17, 15) is 4.79 Å². The summed E-state index contributed by atoms with van der Waals surface area (Å²) in [6.07, 6.45) is 7.13. The van der Waals surface area contributed by atoms with E-state index in [1.807, 2.05) is 55.3 Å². The van der Waals surface area contributed by atoms with Crippen LogP contribution < -0.4 is 10.2 Å². The van der Waals surface area contributed by atoms with Crippen molar-refractivity contribution in [2.75, 3.05) is 10.2 Å². The molecule has 6 heteroatoms. The molecule has 4 heterocycles. The number of carbonyl (C=O) groups is 1. The number of fused-ring (bicyclic) bond motifs is 2. The molecule has 2 aliphatic rings. The first kappa shape index (κ1) is 16.2. The zero-order valence-corrected chi connectivity index (χ0v) is 15.4. The molecule has 5 rings (SSSR count). The highest BCUT2D eigenvalue weighted by atomic mass is 16.2. The number of nitrogens with one attached hydrogen (secondary N) is 1. The average molecular weight is 359 g/mol. The summed E-state index contributed by atoms with van der Waals surface area (Å²) in [6.45, 7) is 3.97. The van der Waals surface area contributed by atoms with Gasteiger partial charge in [0.05, 0.1) is 10.9 Å². The number of carbonyl (C=O) groups excluding carboxylic acids is 1. The molecule has 3 aromatic heterocycles. The van der Waals surface area contributed by atoms with E-state index in [1.165, 1.54) is 0 Å². The van der Waals surface area contributed by atoms with Crippen LogP contribution in [-0.2, 0) is 10.2 Å². The summed E-state index contributed by atoms with van der Waals surface area (Å²) in [5.74, 6) is 1.84. The molecule has 0 radical (unpaired) electrons. The quantitative estimate of drug-likeness (QED) is 0.777. The maximum absolute atomic E-state index is 13.0. The second kappa shape index (κ2) is 5.74. The van der Waals surface area contributed by atoms with Gasteiger partial charge < -0.3 is 5.32 Å². The zero-order valence-electron chi connectivity index (χ0n) is 15.4. The van der Waals surface area contributed by atoms with Gasteiger partial charge in [0.25, 0.3) is 0 Å². The van der Waals surface area contributed by atoms with Crippen molar-refractivity contribution in [2.45, 2.75) is 44.2 Å². The fraction of sp³-hybridized carbons (Fsp3) is 0.333. The van der Waals surface area contributed by atoms with Crippen LogP contribution in [0.2, 0.25) is 0 Å². The Hall–Kier alpha value is -3.02. The average Bonchev–Trinajstić information content (AvgIpc) is 2.85. The van der Waals surface area contributed by atoms with Crippen LogP contribution in [0.4, 0.5) is 11.6 Å². The van der Waals surface area contributed by atoms with Crippen molar-refractivity contribution in [3.05, 3.63) is 54.5 Å². The lowest BCUT2D eigenvalue weighted by molar-refractivity contribution is -0.122. The predicted molar refractivity (Wildman–Crippen MR) is 105 cm³/mol. The highest BCUT2D eigenvalue weighted by Gasteiger charge is 2.50. The number of rotatable bonds is 3. The van der Waals surface area contributed by atoms with Gasteiger partial charge in [-0.2, -0.15) is 0 Å². The fourth-order valence-corrected chi connectivity index (χ4v) is 4.10. The van der Waals surface area contributed by atoms with Crippen LogP contribution in [-0.4, -0.2) is 32.9 Å². The van der Waals surface area contributed by atoms with Crippen molar-refractivity contribution >= 4 is 28.4 Å². The summed E-state index contributed by atoms with van der Waals surface area (Å²) in [6, 6.07) is 10.4. The van der Waals surface area contributed by atoms with Gasteiger partial charge in [0.1, 0.15) is 11.6 Å². The Balaban J connectivity index is 1.31. The molecule has 1 saturated carbocycles. The fourth-order valence-electron chi connectivity index (χ4n) is 4.10. The molecule has 0 spiro atoms. The summed E-state index contributed by atoms with van der Waals surface area (Å²) < 4.78 is 0. The molecule has 0 unspecified atom stereocenters. The Morgan fingerprint density at radius 1 is 1.15 bits per heavy atom. The van der Waals surface area contributed by atoms with Crippen molar-refractivity contribution in [3.8, 4) is 0 Å². The highest BCUT2D eigenvalue weighted by Crippen LogP contribution is 2.44. The molecular formula is C21H21N5O. The van der Waals surface area contributed by atoms with Gasteiger partial charge in [-0.3, -0.25) is 14.7 Å². The van der Waals surface area contributed by atoms with Crippen LogP contribution in [0.3, 0.4) is 0 Å². The SMILES string of the molecule is CC1(C)C(=O)N(C2CC(Nc3ccc4cnccc4n3)C2)c2ncccc21. The van der Waals surface area contributed by atoms with E-state index in [1.54, 1.807) is 12.4 Å². The van der Waals surface area contributed by atoms with Crippen LogP contribution >= 0.6 is 0 Å². The maximum atomic E-state index is 13.0. The minimum atomic E-state index is -0.504. The molecule has 1 aliphatic heterocycles. The molecule has 1 fully saturated rings. The van der Waals surface area contributed by atoms with Gasteiger partial charge in [0.2, 0.25) is 5.91 Å². The number of hydrogen-bond acceptors (Lipinski definition) is 5. The molecule has 136 valence electrons. The topological polar surface area (TPSA) is 71.0 Å². The molecule has 1 aliphatic carbocycles. The summed E-state index contributed by atoms with van der Waals surface area (Å²) in [4.78, 5) is 28.2. The van der Waals surface area contributed by atoms with Gasteiger partial charge in [-0.1, -0.05) is 6.07 Å².